The van der Waals surface area contributed by atoms with Gasteiger partial charge in [0, 0.05) is 12.4 Å². The number of alkyl halides is 3. The smallest absolute Gasteiger partial charge is 0.367 e. The third-order valence-corrected chi connectivity index (χ3v) is 3.23. The molecule has 16 heavy (non-hydrogen) atoms. The molecule has 1 fully saturated rings. The van der Waals surface area contributed by atoms with E-state index >= 15 is 0 Å². The second kappa shape index (κ2) is 4.13. The first-order chi connectivity index (χ1) is 7.56. The van der Waals surface area contributed by atoms with Crippen molar-refractivity contribution in [2.75, 3.05) is 6.54 Å². The summed E-state index contributed by atoms with van der Waals surface area (Å²) >= 11 is 0. The van der Waals surface area contributed by atoms with Crippen molar-refractivity contribution in [2.45, 2.75) is 37.4 Å². The number of halogens is 3. The largest absolute Gasteiger partial charge is 0.410 e. The number of hydrogen-bond acceptors (Lipinski definition) is 1. The maximum atomic E-state index is 13.3. The topological polar surface area (TPSA) is 27.8 Å². The summed E-state index contributed by atoms with van der Waals surface area (Å²) in [5, 5.41) is 2.69. The number of H-pyrrole nitrogens is 1. The lowest BCUT2D eigenvalue weighted by Crippen LogP contribution is -2.53. The molecule has 1 aromatic rings. The summed E-state index contributed by atoms with van der Waals surface area (Å²) in [5.41, 5.74) is -1.56. The fourth-order valence-corrected chi connectivity index (χ4v) is 2.32. The van der Waals surface area contributed by atoms with E-state index in [4.69, 9.17) is 0 Å². The highest BCUT2D eigenvalue weighted by Crippen LogP contribution is 2.43. The molecule has 1 saturated heterocycles. The Morgan fingerprint density at radius 1 is 1.19 bits per heavy atom. The Labute approximate surface area is 92.2 Å². The van der Waals surface area contributed by atoms with Gasteiger partial charge >= 0.3 is 6.18 Å². The third-order valence-electron chi connectivity index (χ3n) is 3.23. The van der Waals surface area contributed by atoms with Crippen LogP contribution in [0, 0.1) is 0 Å². The average Bonchev–Trinajstić information content (AvgIpc) is 2.61. The zero-order valence-electron chi connectivity index (χ0n) is 8.90. The van der Waals surface area contributed by atoms with Gasteiger partial charge in [0.2, 0.25) is 0 Å². The van der Waals surface area contributed by atoms with Crippen LogP contribution >= 0.6 is 0 Å². The molecule has 2 N–H and O–H groups in total. The lowest BCUT2D eigenvalue weighted by Gasteiger charge is -2.35. The van der Waals surface area contributed by atoms with E-state index in [0.29, 0.717) is 18.5 Å². The second-order valence-electron chi connectivity index (χ2n) is 4.24. The van der Waals surface area contributed by atoms with Crippen molar-refractivity contribution in [3.63, 3.8) is 0 Å². The van der Waals surface area contributed by atoms with Gasteiger partial charge in [0.25, 0.3) is 0 Å². The van der Waals surface area contributed by atoms with E-state index in [-0.39, 0.29) is 6.42 Å². The van der Waals surface area contributed by atoms with E-state index < -0.39 is 11.7 Å². The third kappa shape index (κ3) is 1.84. The van der Waals surface area contributed by atoms with Gasteiger partial charge < -0.3 is 4.98 Å². The minimum Gasteiger partial charge on any atom is -0.367 e. The van der Waals surface area contributed by atoms with E-state index in [1.54, 1.807) is 0 Å². The molecular formula is C11H15F3N2. The number of aromatic nitrogens is 1. The Kier molecular flexibility index (Phi) is 2.97. The van der Waals surface area contributed by atoms with Crippen molar-refractivity contribution < 1.29 is 13.2 Å². The normalized spacial score (nSPS) is 27.7. The molecule has 0 radical (unpaired) electrons. The summed E-state index contributed by atoms with van der Waals surface area (Å²) in [4.78, 5) is 2.70. The van der Waals surface area contributed by atoms with Crippen LogP contribution in [0.5, 0.6) is 0 Å². The summed E-state index contributed by atoms with van der Waals surface area (Å²) < 4.78 is 39.8. The highest BCUT2D eigenvalue weighted by atomic mass is 19.4. The molecule has 1 aliphatic rings. The van der Waals surface area contributed by atoms with Gasteiger partial charge in [0.1, 0.15) is 5.54 Å². The summed E-state index contributed by atoms with van der Waals surface area (Å²) in [6.45, 7) is 0.421. The molecule has 90 valence electrons. The Morgan fingerprint density at radius 2 is 2.00 bits per heavy atom. The number of rotatable bonds is 1. The molecule has 1 aromatic heterocycles. The van der Waals surface area contributed by atoms with Gasteiger partial charge in [-0.15, -0.1) is 0 Å². The fraction of sp³-hybridized carbons (Fsp3) is 0.636. The highest BCUT2D eigenvalue weighted by molar-refractivity contribution is 5.24. The molecule has 2 rings (SSSR count). The predicted octanol–water partition coefficient (Wildman–Crippen LogP) is 2.94. The first-order valence-corrected chi connectivity index (χ1v) is 5.51. The fourth-order valence-electron chi connectivity index (χ4n) is 2.32. The van der Waals surface area contributed by atoms with Crippen molar-refractivity contribution in [2.24, 2.45) is 0 Å². The molecule has 2 heterocycles. The van der Waals surface area contributed by atoms with Crippen LogP contribution in [0.25, 0.3) is 0 Å². The van der Waals surface area contributed by atoms with Crippen LogP contribution in [0.3, 0.4) is 0 Å². The maximum Gasteiger partial charge on any atom is 0.410 e. The van der Waals surface area contributed by atoms with E-state index in [1.807, 2.05) is 0 Å². The number of aromatic amines is 1. The summed E-state index contributed by atoms with van der Waals surface area (Å²) in [6, 6.07) is 1.51. The lowest BCUT2D eigenvalue weighted by molar-refractivity contribution is -0.202. The van der Waals surface area contributed by atoms with Crippen molar-refractivity contribution in [1.82, 2.24) is 10.3 Å². The molecule has 0 aliphatic carbocycles. The first kappa shape index (κ1) is 11.5. The Hall–Kier alpha value is -0.970. The first-order valence-electron chi connectivity index (χ1n) is 5.51. The lowest BCUT2D eigenvalue weighted by atomic mass is 9.86. The SMILES string of the molecule is FC(F)(F)C1(c2cc[nH]c2)CCCCCN1. The highest BCUT2D eigenvalue weighted by Gasteiger charge is 2.55. The zero-order valence-corrected chi connectivity index (χ0v) is 8.90. The van der Waals surface area contributed by atoms with Crippen LogP contribution < -0.4 is 5.32 Å². The second-order valence-corrected chi connectivity index (χ2v) is 4.24. The minimum atomic E-state index is -4.25. The van der Waals surface area contributed by atoms with Crippen LogP contribution in [0.15, 0.2) is 18.5 Å². The summed E-state index contributed by atoms with van der Waals surface area (Å²) in [5.74, 6) is 0. The van der Waals surface area contributed by atoms with E-state index in [1.165, 1.54) is 18.5 Å². The summed E-state index contributed by atoms with van der Waals surface area (Å²) in [6.07, 6.45) is 1.12. The van der Waals surface area contributed by atoms with Gasteiger partial charge in [-0.05, 0) is 31.0 Å². The van der Waals surface area contributed by atoms with Gasteiger partial charge in [0.05, 0.1) is 0 Å². The number of hydrogen-bond donors (Lipinski definition) is 2. The molecule has 0 bridgehead atoms. The molecule has 0 amide bonds. The van der Waals surface area contributed by atoms with Gasteiger partial charge in [0.15, 0.2) is 0 Å². The van der Waals surface area contributed by atoms with Gasteiger partial charge in [-0.1, -0.05) is 12.8 Å². The molecule has 1 aliphatic heterocycles. The molecule has 0 spiro atoms. The zero-order chi connectivity index (χ0) is 11.6. The molecule has 5 heteroatoms. The van der Waals surface area contributed by atoms with Crippen LogP contribution in [0.1, 0.15) is 31.2 Å². The molecular weight excluding hydrogens is 217 g/mol. The number of nitrogens with one attached hydrogen (secondary N) is 2. The molecule has 0 saturated carbocycles. The van der Waals surface area contributed by atoms with E-state index in [0.717, 1.165) is 12.8 Å². The Balaban J connectivity index is 2.39. The van der Waals surface area contributed by atoms with Crippen molar-refractivity contribution >= 4 is 0 Å². The van der Waals surface area contributed by atoms with Crippen LogP contribution in [0.4, 0.5) is 13.2 Å². The summed E-state index contributed by atoms with van der Waals surface area (Å²) in [7, 11) is 0. The van der Waals surface area contributed by atoms with Gasteiger partial charge in [-0.3, -0.25) is 5.32 Å². The van der Waals surface area contributed by atoms with Crippen molar-refractivity contribution in [3.05, 3.63) is 24.0 Å². The van der Waals surface area contributed by atoms with Crippen molar-refractivity contribution in [1.29, 1.82) is 0 Å². The van der Waals surface area contributed by atoms with Gasteiger partial charge in [-0.2, -0.15) is 13.2 Å². The van der Waals surface area contributed by atoms with Gasteiger partial charge in [-0.25, -0.2) is 0 Å². The van der Waals surface area contributed by atoms with Crippen molar-refractivity contribution in [3.8, 4) is 0 Å². The quantitative estimate of drug-likeness (QED) is 0.765. The average molecular weight is 232 g/mol. The predicted molar refractivity (Wildman–Crippen MR) is 55.0 cm³/mol. The molecule has 2 nitrogen and oxygen atoms in total. The minimum absolute atomic E-state index is 0.119. The molecule has 1 atom stereocenters. The van der Waals surface area contributed by atoms with E-state index in [2.05, 4.69) is 10.3 Å². The molecule has 0 aromatic carbocycles. The molecule has 1 unspecified atom stereocenters. The van der Waals surface area contributed by atoms with Crippen LogP contribution in [-0.2, 0) is 5.54 Å². The standard InChI is InChI=1S/C11H15F3N2/c12-11(13,14)10(9-4-7-15-8-9)5-2-1-3-6-16-10/h4,7-8,15-16H,1-3,5-6H2. The Morgan fingerprint density at radius 3 is 2.62 bits per heavy atom. The maximum absolute atomic E-state index is 13.3. The monoisotopic (exact) mass is 232 g/mol. The van der Waals surface area contributed by atoms with Crippen LogP contribution in [0.2, 0.25) is 0 Å². The Bertz CT molecular complexity index is 321. The van der Waals surface area contributed by atoms with E-state index in [9.17, 15) is 13.2 Å². The van der Waals surface area contributed by atoms with Crippen LogP contribution in [-0.4, -0.2) is 17.7 Å².